The van der Waals surface area contributed by atoms with Crippen molar-refractivity contribution in [1.29, 1.82) is 0 Å². The Balaban J connectivity index is 2.00. The summed E-state index contributed by atoms with van der Waals surface area (Å²) in [5.74, 6) is 1.01. The molecule has 6 heteroatoms. The fraction of sp³-hybridized carbons (Fsp3) is 1.00. The zero-order chi connectivity index (χ0) is 15.5. The Kier molecular flexibility index (Phi) is 10.5. The van der Waals surface area contributed by atoms with Crippen LogP contribution in [0.15, 0.2) is 0 Å². The van der Waals surface area contributed by atoms with E-state index in [0.717, 1.165) is 32.7 Å². The van der Waals surface area contributed by atoms with Gasteiger partial charge in [-0.2, -0.15) is 0 Å². The first kappa shape index (κ1) is 19.1. The molecule has 21 heavy (non-hydrogen) atoms. The predicted octanol–water partition coefficient (Wildman–Crippen LogP) is 2.26. The highest BCUT2D eigenvalue weighted by Gasteiger charge is 2.22. The van der Waals surface area contributed by atoms with Gasteiger partial charge in [-0.3, -0.25) is 0 Å². The first-order valence-electron chi connectivity index (χ1n) is 8.12. The summed E-state index contributed by atoms with van der Waals surface area (Å²) in [6.45, 7) is 13.0. The molecule has 0 saturated carbocycles. The minimum absolute atomic E-state index is 0.354. The summed E-state index contributed by atoms with van der Waals surface area (Å²) in [4.78, 5) is 0. The van der Waals surface area contributed by atoms with Gasteiger partial charge < -0.3 is 22.8 Å². The molecule has 1 heterocycles. The molecule has 0 N–H and O–H groups in total. The number of unbranched alkanes of at least 4 members (excludes halogenated alkanes) is 1. The molecule has 1 aliphatic rings. The fourth-order valence-corrected chi connectivity index (χ4v) is 3.28. The molecule has 1 rings (SSSR count). The number of hydrogen-bond acceptors (Lipinski definition) is 5. The molecular weight excluding hydrogens is 288 g/mol. The maximum atomic E-state index is 5.80. The lowest BCUT2D eigenvalue weighted by Crippen LogP contribution is -2.30. The third-order valence-corrected chi connectivity index (χ3v) is 4.21. The Morgan fingerprint density at radius 1 is 0.952 bits per heavy atom. The molecule has 1 atom stereocenters. The molecule has 0 radical (unpaired) electrons. The molecule has 1 fully saturated rings. The predicted molar refractivity (Wildman–Crippen MR) is 84.5 cm³/mol. The Morgan fingerprint density at radius 2 is 1.52 bits per heavy atom. The van der Waals surface area contributed by atoms with Crippen molar-refractivity contribution in [2.45, 2.75) is 46.6 Å². The van der Waals surface area contributed by atoms with Crippen molar-refractivity contribution in [2.24, 2.45) is 11.8 Å². The Bertz CT molecular complexity index is 234. The van der Waals surface area contributed by atoms with Crippen LogP contribution in [0.4, 0.5) is 0 Å². The molecule has 0 aromatic heterocycles. The van der Waals surface area contributed by atoms with Crippen molar-refractivity contribution in [1.82, 2.24) is 0 Å². The monoisotopic (exact) mass is 320 g/mol. The van der Waals surface area contributed by atoms with Gasteiger partial charge in [0.15, 0.2) is 0 Å². The van der Waals surface area contributed by atoms with Crippen LogP contribution in [-0.4, -0.2) is 55.3 Å². The van der Waals surface area contributed by atoms with E-state index in [1.165, 1.54) is 0 Å². The minimum Gasteiger partial charge on any atom is -0.379 e. The van der Waals surface area contributed by atoms with Crippen LogP contribution in [-0.2, 0) is 22.8 Å². The Morgan fingerprint density at radius 3 is 2.05 bits per heavy atom. The van der Waals surface area contributed by atoms with Gasteiger partial charge in [0.25, 0.3) is 0 Å². The van der Waals surface area contributed by atoms with E-state index in [9.17, 15) is 0 Å². The van der Waals surface area contributed by atoms with Crippen LogP contribution in [0.3, 0.4) is 0 Å². The smallest absolute Gasteiger partial charge is 0.379 e. The summed E-state index contributed by atoms with van der Waals surface area (Å²) in [5.41, 5.74) is 0. The lowest BCUT2D eigenvalue weighted by atomic mass is 10.2. The largest absolute Gasteiger partial charge is 0.484 e. The van der Waals surface area contributed by atoms with Gasteiger partial charge in [0.2, 0.25) is 0 Å². The van der Waals surface area contributed by atoms with Crippen molar-refractivity contribution < 1.29 is 22.8 Å². The van der Waals surface area contributed by atoms with Crippen molar-refractivity contribution >= 4 is 9.53 Å². The van der Waals surface area contributed by atoms with E-state index >= 15 is 0 Å². The summed E-state index contributed by atoms with van der Waals surface area (Å²) >= 11 is 0. The van der Waals surface area contributed by atoms with Crippen LogP contribution in [0, 0.1) is 11.8 Å². The molecular formula is C15H32O5Si. The summed E-state index contributed by atoms with van der Waals surface area (Å²) in [6.07, 6.45) is 2.33. The van der Waals surface area contributed by atoms with Crippen LogP contribution in [0.25, 0.3) is 0 Å². The minimum atomic E-state index is -1.97. The zero-order valence-electron chi connectivity index (χ0n) is 14.0. The molecule has 0 aromatic carbocycles. The van der Waals surface area contributed by atoms with E-state index in [1.54, 1.807) is 0 Å². The number of ether oxygens (including phenoxy) is 2. The summed E-state index contributed by atoms with van der Waals surface area (Å²) in [5, 5.41) is 0. The highest BCUT2D eigenvalue weighted by atomic mass is 28.3. The SMILES string of the molecule is CC(C)CO[SiH](OCCCCOCC1CO1)OCC(C)C. The summed E-state index contributed by atoms with van der Waals surface area (Å²) in [6, 6.07) is 0. The Hall–Kier alpha value is 0.0169. The van der Waals surface area contributed by atoms with Crippen LogP contribution in [0.1, 0.15) is 40.5 Å². The zero-order valence-corrected chi connectivity index (χ0v) is 15.2. The molecule has 0 aromatic rings. The molecule has 1 unspecified atom stereocenters. The van der Waals surface area contributed by atoms with Gasteiger partial charge in [-0.15, -0.1) is 0 Å². The number of epoxide rings is 1. The molecule has 1 aliphatic heterocycles. The van der Waals surface area contributed by atoms with Gasteiger partial charge in [0.05, 0.1) is 13.2 Å². The van der Waals surface area contributed by atoms with E-state index < -0.39 is 9.53 Å². The topological polar surface area (TPSA) is 49.5 Å². The second kappa shape index (κ2) is 11.6. The van der Waals surface area contributed by atoms with E-state index in [4.69, 9.17) is 22.8 Å². The Labute approximate surface area is 131 Å². The standard InChI is InChI=1S/C15H32O5Si/c1-13(2)9-19-21(20-10-14(3)4)18-8-6-5-7-16-11-15-12-17-15/h13-15,21H,5-12H2,1-4H3. The lowest BCUT2D eigenvalue weighted by molar-refractivity contribution is 0.0695. The number of hydrogen-bond donors (Lipinski definition) is 0. The van der Waals surface area contributed by atoms with Crippen molar-refractivity contribution in [3.8, 4) is 0 Å². The summed E-state index contributed by atoms with van der Waals surface area (Å²) < 4.78 is 27.9. The first-order valence-corrected chi connectivity index (χ1v) is 9.53. The maximum absolute atomic E-state index is 5.80. The highest BCUT2D eigenvalue weighted by Crippen LogP contribution is 2.09. The summed E-state index contributed by atoms with van der Waals surface area (Å²) in [7, 11) is -1.97. The lowest BCUT2D eigenvalue weighted by Gasteiger charge is -2.19. The van der Waals surface area contributed by atoms with Gasteiger partial charge in [-0.1, -0.05) is 27.7 Å². The van der Waals surface area contributed by atoms with Crippen molar-refractivity contribution in [3.63, 3.8) is 0 Å². The average molecular weight is 321 g/mol. The molecule has 5 nitrogen and oxygen atoms in total. The number of rotatable bonds is 14. The van der Waals surface area contributed by atoms with E-state index in [0.29, 0.717) is 37.8 Å². The third kappa shape index (κ3) is 12.3. The molecule has 0 spiro atoms. The van der Waals surface area contributed by atoms with Gasteiger partial charge in [-0.05, 0) is 24.7 Å². The van der Waals surface area contributed by atoms with Crippen LogP contribution >= 0.6 is 0 Å². The van der Waals surface area contributed by atoms with E-state index in [-0.39, 0.29) is 0 Å². The van der Waals surface area contributed by atoms with Gasteiger partial charge >= 0.3 is 9.53 Å². The second-order valence-electron chi connectivity index (χ2n) is 6.35. The van der Waals surface area contributed by atoms with Gasteiger partial charge in [-0.25, -0.2) is 0 Å². The van der Waals surface area contributed by atoms with Crippen molar-refractivity contribution in [3.05, 3.63) is 0 Å². The van der Waals surface area contributed by atoms with Gasteiger partial charge in [0.1, 0.15) is 6.10 Å². The molecule has 0 bridgehead atoms. The van der Waals surface area contributed by atoms with Crippen molar-refractivity contribution in [2.75, 3.05) is 39.6 Å². The van der Waals surface area contributed by atoms with Gasteiger partial charge in [0, 0.05) is 26.4 Å². The highest BCUT2D eigenvalue weighted by molar-refractivity contribution is 6.36. The quantitative estimate of drug-likeness (QED) is 0.279. The molecule has 0 amide bonds. The fourth-order valence-electron chi connectivity index (χ4n) is 1.55. The third-order valence-electron chi connectivity index (χ3n) is 2.77. The van der Waals surface area contributed by atoms with Crippen LogP contribution in [0.2, 0.25) is 0 Å². The normalized spacial score (nSPS) is 18.1. The van der Waals surface area contributed by atoms with E-state index in [1.807, 2.05) is 0 Å². The van der Waals surface area contributed by atoms with E-state index in [2.05, 4.69) is 27.7 Å². The molecule has 1 saturated heterocycles. The van der Waals surface area contributed by atoms with Crippen LogP contribution in [0.5, 0.6) is 0 Å². The molecule has 0 aliphatic carbocycles. The second-order valence-corrected chi connectivity index (χ2v) is 7.93. The van der Waals surface area contributed by atoms with Crippen LogP contribution < -0.4 is 0 Å². The maximum Gasteiger partial charge on any atom is 0.484 e. The molecule has 126 valence electrons. The first-order chi connectivity index (χ1) is 10.1. The average Bonchev–Trinajstić information content (AvgIpc) is 3.23.